The summed E-state index contributed by atoms with van der Waals surface area (Å²) in [6.07, 6.45) is 3.18. The Bertz CT molecular complexity index is 619. The summed E-state index contributed by atoms with van der Waals surface area (Å²) in [4.78, 5) is 14.7. The Morgan fingerprint density at radius 2 is 2.00 bits per heavy atom. The monoisotopic (exact) mass is 256 g/mol. The standard InChI is InChI=1S/C14H9ClN2O/c15-12-5-3-10(4-6-12)8-11(9-16)14(18)13-2-1-7-17-13/h1-8,17H/b11-8+. The van der Waals surface area contributed by atoms with Gasteiger partial charge < -0.3 is 4.98 Å². The molecule has 0 saturated heterocycles. The molecular weight excluding hydrogens is 248 g/mol. The van der Waals surface area contributed by atoms with Crippen LogP contribution in [0.15, 0.2) is 48.2 Å². The number of carbonyl (C=O) groups excluding carboxylic acids is 1. The number of H-pyrrole nitrogens is 1. The third kappa shape index (κ3) is 2.68. The van der Waals surface area contributed by atoms with Crippen molar-refractivity contribution in [2.45, 2.75) is 0 Å². The van der Waals surface area contributed by atoms with Crippen LogP contribution < -0.4 is 0 Å². The van der Waals surface area contributed by atoms with E-state index in [2.05, 4.69) is 4.98 Å². The van der Waals surface area contributed by atoms with Crippen LogP contribution in [0.25, 0.3) is 6.08 Å². The van der Waals surface area contributed by atoms with Gasteiger partial charge in [0.2, 0.25) is 5.78 Å². The van der Waals surface area contributed by atoms with Gasteiger partial charge in [0.05, 0.1) is 5.69 Å². The molecule has 0 radical (unpaired) electrons. The van der Waals surface area contributed by atoms with Crippen LogP contribution in [0.5, 0.6) is 0 Å². The van der Waals surface area contributed by atoms with Gasteiger partial charge in [-0.25, -0.2) is 0 Å². The Kier molecular flexibility index (Phi) is 3.61. The maximum Gasteiger partial charge on any atom is 0.219 e. The predicted octanol–water partition coefficient (Wildman–Crippen LogP) is 3.46. The smallest absolute Gasteiger partial charge is 0.219 e. The highest BCUT2D eigenvalue weighted by atomic mass is 35.5. The average molecular weight is 257 g/mol. The number of ketones is 1. The molecule has 3 nitrogen and oxygen atoms in total. The fraction of sp³-hybridized carbons (Fsp3) is 0. The molecule has 88 valence electrons. The van der Waals surface area contributed by atoms with Crippen molar-refractivity contribution in [1.82, 2.24) is 4.98 Å². The Morgan fingerprint density at radius 1 is 1.28 bits per heavy atom. The number of rotatable bonds is 3. The lowest BCUT2D eigenvalue weighted by Crippen LogP contribution is -2.01. The molecule has 4 heteroatoms. The van der Waals surface area contributed by atoms with Crippen LogP contribution in [-0.4, -0.2) is 10.8 Å². The molecule has 1 aromatic carbocycles. The van der Waals surface area contributed by atoms with Crippen molar-refractivity contribution in [1.29, 1.82) is 5.26 Å². The van der Waals surface area contributed by atoms with E-state index in [0.717, 1.165) is 5.56 Å². The zero-order valence-electron chi connectivity index (χ0n) is 9.35. The van der Waals surface area contributed by atoms with E-state index < -0.39 is 0 Å². The van der Waals surface area contributed by atoms with Crippen LogP contribution in [0.1, 0.15) is 16.1 Å². The van der Waals surface area contributed by atoms with E-state index in [1.165, 1.54) is 0 Å². The highest BCUT2D eigenvalue weighted by Gasteiger charge is 2.12. The molecule has 0 bridgehead atoms. The van der Waals surface area contributed by atoms with Gasteiger partial charge in [0.25, 0.3) is 0 Å². The van der Waals surface area contributed by atoms with Crippen molar-refractivity contribution in [3.8, 4) is 6.07 Å². The van der Waals surface area contributed by atoms with Crippen molar-refractivity contribution in [2.24, 2.45) is 0 Å². The number of nitrogens with zero attached hydrogens (tertiary/aromatic N) is 1. The predicted molar refractivity (Wildman–Crippen MR) is 70.2 cm³/mol. The molecule has 1 aromatic heterocycles. The summed E-state index contributed by atoms with van der Waals surface area (Å²) in [5.74, 6) is -0.322. The van der Waals surface area contributed by atoms with Crippen molar-refractivity contribution >= 4 is 23.5 Å². The summed E-state index contributed by atoms with van der Waals surface area (Å²) in [5.41, 5.74) is 1.24. The van der Waals surface area contributed by atoms with Crippen LogP contribution in [0.3, 0.4) is 0 Å². The maximum atomic E-state index is 12.0. The Balaban J connectivity index is 2.32. The van der Waals surface area contributed by atoms with Gasteiger partial charge in [0, 0.05) is 11.2 Å². The van der Waals surface area contributed by atoms with E-state index in [9.17, 15) is 4.79 Å². The number of allylic oxidation sites excluding steroid dienone is 1. The summed E-state index contributed by atoms with van der Waals surface area (Å²) < 4.78 is 0. The minimum Gasteiger partial charge on any atom is -0.358 e. The summed E-state index contributed by atoms with van der Waals surface area (Å²) in [7, 11) is 0. The van der Waals surface area contributed by atoms with Gasteiger partial charge in [0.1, 0.15) is 11.6 Å². The average Bonchev–Trinajstić information content (AvgIpc) is 2.91. The Morgan fingerprint density at radius 3 is 2.56 bits per heavy atom. The van der Waals surface area contributed by atoms with Crippen molar-refractivity contribution < 1.29 is 4.79 Å². The van der Waals surface area contributed by atoms with Gasteiger partial charge in [-0.2, -0.15) is 5.26 Å². The second-order valence-corrected chi connectivity index (χ2v) is 4.07. The SMILES string of the molecule is N#C/C(=C\c1ccc(Cl)cc1)C(=O)c1ccc[nH]1. The van der Waals surface area contributed by atoms with Crippen molar-refractivity contribution in [3.63, 3.8) is 0 Å². The van der Waals surface area contributed by atoms with Gasteiger partial charge in [-0.15, -0.1) is 0 Å². The zero-order chi connectivity index (χ0) is 13.0. The quantitative estimate of drug-likeness (QED) is 0.519. The van der Waals surface area contributed by atoms with E-state index >= 15 is 0 Å². The van der Waals surface area contributed by atoms with E-state index in [4.69, 9.17) is 16.9 Å². The summed E-state index contributed by atoms with van der Waals surface area (Å²) in [6.45, 7) is 0. The number of nitrogens with one attached hydrogen (secondary N) is 1. The topological polar surface area (TPSA) is 56.6 Å². The Hall–Kier alpha value is -2.31. The van der Waals surface area contributed by atoms with E-state index in [-0.39, 0.29) is 11.4 Å². The van der Waals surface area contributed by atoms with Gasteiger partial charge in [-0.3, -0.25) is 4.79 Å². The molecule has 0 spiro atoms. The first-order valence-corrected chi connectivity index (χ1v) is 5.64. The Labute approximate surface area is 109 Å². The third-order valence-corrected chi connectivity index (χ3v) is 2.64. The normalized spacial score (nSPS) is 11.0. The molecule has 0 saturated carbocycles. The fourth-order valence-corrected chi connectivity index (χ4v) is 1.62. The zero-order valence-corrected chi connectivity index (χ0v) is 10.1. The molecule has 0 aliphatic heterocycles. The number of Topliss-reactive ketones (excluding diaryl/α,β-unsaturated/α-hetero) is 1. The number of nitriles is 1. The molecule has 0 amide bonds. The number of aromatic nitrogens is 1. The van der Waals surface area contributed by atoms with Crippen molar-refractivity contribution in [3.05, 3.63) is 64.4 Å². The fourth-order valence-electron chi connectivity index (χ4n) is 1.49. The molecule has 1 heterocycles. The number of hydrogen-bond acceptors (Lipinski definition) is 2. The number of aromatic amines is 1. The first-order chi connectivity index (χ1) is 8.70. The molecule has 0 unspecified atom stereocenters. The molecule has 18 heavy (non-hydrogen) atoms. The van der Waals surface area contributed by atoms with Gasteiger partial charge in [-0.05, 0) is 35.9 Å². The maximum absolute atomic E-state index is 12.0. The summed E-state index contributed by atoms with van der Waals surface area (Å²) >= 11 is 5.77. The lowest BCUT2D eigenvalue weighted by molar-refractivity contribution is 0.103. The van der Waals surface area contributed by atoms with Crippen molar-refractivity contribution in [2.75, 3.05) is 0 Å². The number of hydrogen-bond donors (Lipinski definition) is 1. The third-order valence-electron chi connectivity index (χ3n) is 2.39. The van der Waals surface area contributed by atoms with Crippen LogP contribution in [0.2, 0.25) is 5.02 Å². The second kappa shape index (κ2) is 5.35. The van der Waals surface area contributed by atoms with E-state index in [0.29, 0.717) is 10.7 Å². The second-order valence-electron chi connectivity index (χ2n) is 3.63. The van der Waals surface area contributed by atoms with Gasteiger partial charge >= 0.3 is 0 Å². The number of benzene rings is 1. The van der Waals surface area contributed by atoms with Crippen LogP contribution >= 0.6 is 11.6 Å². The number of carbonyl (C=O) groups is 1. The molecule has 1 N–H and O–H groups in total. The first kappa shape index (κ1) is 12.2. The largest absolute Gasteiger partial charge is 0.358 e. The van der Waals surface area contributed by atoms with E-state index in [1.807, 2.05) is 6.07 Å². The molecule has 0 atom stereocenters. The molecule has 0 aliphatic carbocycles. The van der Waals surface area contributed by atoms with Gasteiger partial charge in [-0.1, -0.05) is 23.7 Å². The lowest BCUT2D eigenvalue weighted by Gasteiger charge is -1.97. The minimum atomic E-state index is -0.322. The van der Waals surface area contributed by atoms with Gasteiger partial charge in [0.15, 0.2) is 0 Å². The van der Waals surface area contributed by atoms with Crippen LogP contribution in [-0.2, 0) is 0 Å². The highest BCUT2D eigenvalue weighted by Crippen LogP contribution is 2.14. The summed E-state index contributed by atoms with van der Waals surface area (Å²) in [5, 5.41) is 9.64. The van der Waals surface area contributed by atoms with E-state index in [1.54, 1.807) is 48.7 Å². The number of halogens is 1. The molecule has 2 rings (SSSR count). The first-order valence-electron chi connectivity index (χ1n) is 5.26. The molecule has 0 fully saturated rings. The molecule has 0 aliphatic rings. The summed E-state index contributed by atoms with van der Waals surface area (Å²) in [6, 6.07) is 12.2. The highest BCUT2D eigenvalue weighted by molar-refractivity contribution is 6.30. The molecular formula is C14H9ClN2O. The van der Waals surface area contributed by atoms with Crippen LogP contribution in [0, 0.1) is 11.3 Å². The minimum absolute atomic E-state index is 0.0831. The van der Waals surface area contributed by atoms with Crippen LogP contribution in [0.4, 0.5) is 0 Å². The lowest BCUT2D eigenvalue weighted by atomic mass is 10.1. The molecule has 2 aromatic rings.